The van der Waals surface area contributed by atoms with Crippen LogP contribution in [0.15, 0.2) is 41.6 Å². The predicted octanol–water partition coefficient (Wildman–Crippen LogP) is 4.01. The number of H-pyrrole nitrogens is 1. The van der Waals surface area contributed by atoms with Gasteiger partial charge < -0.3 is 16.5 Å². The van der Waals surface area contributed by atoms with Gasteiger partial charge in [-0.15, -0.1) is 0 Å². The zero-order chi connectivity index (χ0) is 22.0. The van der Waals surface area contributed by atoms with E-state index in [-0.39, 0.29) is 22.0 Å². The zero-order valence-electron chi connectivity index (χ0n) is 14.3. The Hall–Kier alpha value is -2.57. The van der Waals surface area contributed by atoms with Crippen LogP contribution in [0.2, 0.25) is 15.1 Å². The highest BCUT2D eigenvalue weighted by Gasteiger charge is 2.02. The summed E-state index contributed by atoms with van der Waals surface area (Å²) in [5, 5.41) is 18.0. The van der Waals surface area contributed by atoms with E-state index in [9.17, 15) is 4.79 Å². The van der Waals surface area contributed by atoms with Crippen molar-refractivity contribution in [2.24, 2.45) is 0 Å². The van der Waals surface area contributed by atoms with Gasteiger partial charge >= 0.3 is 0 Å². The number of pyridine rings is 3. The van der Waals surface area contributed by atoms with Crippen LogP contribution in [0.5, 0.6) is 0 Å². The maximum absolute atomic E-state index is 10.7. The van der Waals surface area contributed by atoms with Gasteiger partial charge in [0.2, 0.25) is 0 Å². The minimum Gasteiger partial charge on any atom is -0.383 e. The zero-order valence-corrected chi connectivity index (χ0v) is 18.8. The lowest BCUT2D eigenvalue weighted by molar-refractivity contribution is 1.21. The van der Waals surface area contributed by atoms with Crippen molar-refractivity contribution in [1.29, 1.82) is 10.5 Å². The summed E-state index contributed by atoms with van der Waals surface area (Å²) in [7, 11) is 0. The molecule has 3 aromatic rings. The second kappa shape index (κ2) is 12.1. The number of hydrogen-bond donors (Lipinski definition) is 3. The van der Waals surface area contributed by atoms with E-state index in [4.69, 9.17) is 56.8 Å². The summed E-state index contributed by atoms with van der Waals surface area (Å²) in [6.45, 7) is 0. The SMILES string of the molecule is N#Cc1c(Cl)cc[nH]c1=O.N#Cc1c(Cl)ccnc1N.Nc1nccc(Cl)c1I. The van der Waals surface area contributed by atoms with Crippen LogP contribution in [0.1, 0.15) is 11.1 Å². The van der Waals surface area contributed by atoms with Crippen molar-refractivity contribution in [1.82, 2.24) is 15.0 Å². The molecule has 0 aliphatic heterocycles. The molecule has 0 aliphatic rings. The fourth-order valence-electron chi connectivity index (χ4n) is 1.56. The molecule has 3 heterocycles. The Morgan fingerprint density at radius 1 is 0.897 bits per heavy atom. The highest BCUT2D eigenvalue weighted by atomic mass is 127. The molecule has 0 saturated carbocycles. The summed E-state index contributed by atoms with van der Waals surface area (Å²) in [5.74, 6) is 0.665. The monoisotopic (exact) mass is 561 g/mol. The number of aromatic amines is 1. The summed E-state index contributed by atoms with van der Waals surface area (Å²) in [5.41, 5.74) is 10.5. The molecule has 12 heteroatoms. The van der Waals surface area contributed by atoms with Gasteiger partial charge in [0.25, 0.3) is 5.56 Å². The van der Waals surface area contributed by atoms with Gasteiger partial charge in [0.15, 0.2) is 0 Å². The number of halogens is 4. The van der Waals surface area contributed by atoms with Gasteiger partial charge in [0.1, 0.15) is 34.9 Å². The number of nitrogens with zero attached hydrogens (tertiary/aromatic N) is 4. The standard InChI is InChI=1S/C6H4ClN3.C6H3ClN2O.C5H4ClIN2/c7-5-1-2-10-6(9)4(5)3-8;7-5-1-2-9-6(10)4(5)3-8;6-3-1-2-9-5(8)4(3)7/h1-2H,(H2,9,10);1-2H,(H,9,10);1-2H,(H2,8,9). The Balaban J connectivity index is 0.000000218. The maximum atomic E-state index is 10.7. The molecule has 5 N–H and O–H groups in total. The van der Waals surface area contributed by atoms with E-state index in [0.29, 0.717) is 15.9 Å². The molecule has 29 heavy (non-hydrogen) atoms. The van der Waals surface area contributed by atoms with E-state index in [0.717, 1.165) is 3.57 Å². The number of nitriles is 2. The molecule has 3 rings (SSSR count). The quantitative estimate of drug-likeness (QED) is 0.349. The minimum absolute atomic E-state index is 0.0378. The van der Waals surface area contributed by atoms with Crippen molar-refractivity contribution in [2.75, 3.05) is 11.5 Å². The van der Waals surface area contributed by atoms with Crippen LogP contribution in [0, 0.1) is 26.2 Å². The normalized spacial score (nSPS) is 9.03. The third-order valence-electron chi connectivity index (χ3n) is 2.93. The second-order valence-electron chi connectivity index (χ2n) is 4.80. The van der Waals surface area contributed by atoms with Crippen molar-refractivity contribution >= 4 is 69.0 Å². The van der Waals surface area contributed by atoms with Gasteiger partial charge in [0.05, 0.1) is 18.6 Å². The van der Waals surface area contributed by atoms with Crippen molar-refractivity contribution in [3.8, 4) is 12.1 Å². The summed E-state index contributed by atoms with van der Waals surface area (Å²) in [6.07, 6.45) is 4.43. The highest BCUT2D eigenvalue weighted by molar-refractivity contribution is 14.1. The predicted molar refractivity (Wildman–Crippen MR) is 122 cm³/mol. The Bertz CT molecular complexity index is 1100. The van der Waals surface area contributed by atoms with Crippen LogP contribution in [0.4, 0.5) is 11.6 Å². The molecule has 0 saturated heterocycles. The van der Waals surface area contributed by atoms with E-state index in [1.54, 1.807) is 18.3 Å². The summed E-state index contributed by atoms with van der Waals surface area (Å²) >= 11 is 18.8. The molecule has 0 atom stereocenters. The largest absolute Gasteiger partial charge is 0.383 e. The van der Waals surface area contributed by atoms with E-state index < -0.39 is 5.56 Å². The molecule has 3 aromatic heterocycles. The van der Waals surface area contributed by atoms with Gasteiger partial charge in [-0.3, -0.25) is 4.79 Å². The maximum Gasteiger partial charge on any atom is 0.267 e. The van der Waals surface area contributed by atoms with Crippen LogP contribution >= 0.6 is 57.4 Å². The lowest BCUT2D eigenvalue weighted by Crippen LogP contribution is -2.08. The van der Waals surface area contributed by atoms with E-state index in [2.05, 4.69) is 15.0 Å². The Labute approximate surface area is 194 Å². The van der Waals surface area contributed by atoms with Crippen molar-refractivity contribution in [2.45, 2.75) is 0 Å². The average molecular weight is 563 g/mol. The Morgan fingerprint density at radius 2 is 1.41 bits per heavy atom. The van der Waals surface area contributed by atoms with Crippen molar-refractivity contribution in [3.63, 3.8) is 0 Å². The first-order valence-electron chi connectivity index (χ1n) is 7.35. The van der Waals surface area contributed by atoms with Gasteiger partial charge in [-0.25, -0.2) is 9.97 Å². The number of nitrogens with two attached hydrogens (primary N) is 2. The molecular formula is C17H11Cl3IN7O. The minimum atomic E-state index is -0.449. The van der Waals surface area contributed by atoms with Crippen LogP contribution < -0.4 is 17.0 Å². The first kappa shape index (κ1) is 24.5. The lowest BCUT2D eigenvalue weighted by atomic mass is 10.3. The highest BCUT2D eigenvalue weighted by Crippen LogP contribution is 2.20. The average Bonchev–Trinajstić information content (AvgIpc) is 2.67. The van der Waals surface area contributed by atoms with Crippen LogP contribution in [0.3, 0.4) is 0 Å². The molecule has 148 valence electrons. The van der Waals surface area contributed by atoms with Crippen molar-refractivity contribution in [3.05, 3.63) is 76.9 Å². The fraction of sp³-hybridized carbons (Fsp3) is 0. The van der Waals surface area contributed by atoms with E-state index >= 15 is 0 Å². The summed E-state index contributed by atoms with van der Waals surface area (Å²) in [6, 6.07) is 8.22. The summed E-state index contributed by atoms with van der Waals surface area (Å²) < 4.78 is 0.816. The smallest absolute Gasteiger partial charge is 0.267 e. The number of hydrogen-bond acceptors (Lipinski definition) is 7. The number of nitrogen functional groups attached to an aromatic ring is 2. The molecule has 0 unspecified atom stereocenters. The molecule has 0 amide bonds. The van der Waals surface area contributed by atoms with Crippen LogP contribution in [0.25, 0.3) is 0 Å². The van der Waals surface area contributed by atoms with Gasteiger partial charge in [-0.05, 0) is 40.8 Å². The number of aromatic nitrogens is 3. The third-order valence-corrected chi connectivity index (χ3v) is 5.33. The third kappa shape index (κ3) is 7.40. The molecular weight excluding hydrogens is 551 g/mol. The van der Waals surface area contributed by atoms with E-state index in [1.165, 1.54) is 24.5 Å². The lowest BCUT2D eigenvalue weighted by Gasteiger charge is -1.95. The summed E-state index contributed by atoms with van der Waals surface area (Å²) in [4.78, 5) is 20.5. The fourth-order valence-corrected chi connectivity index (χ4v) is 2.42. The van der Waals surface area contributed by atoms with Gasteiger partial charge in [0, 0.05) is 18.6 Å². The van der Waals surface area contributed by atoms with E-state index in [1.807, 2.05) is 28.7 Å². The number of anilines is 2. The molecule has 8 nitrogen and oxygen atoms in total. The molecule has 0 aromatic carbocycles. The van der Waals surface area contributed by atoms with Crippen LogP contribution in [-0.2, 0) is 0 Å². The molecule has 0 fully saturated rings. The molecule has 0 aliphatic carbocycles. The molecule has 0 spiro atoms. The Kier molecular flexibility index (Phi) is 10.2. The second-order valence-corrected chi connectivity index (χ2v) is 7.10. The molecule has 0 bridgehead atoms. The molecule has 0 radical (unpaired) electrons. The van der Waals surface area contributed by atoms with Crippen LogP contribution in [-0.4, -0.2) is 15.0 Å². The Morgan fingerprint density at radius 3 is 1.79 bits per heavy atom. The van der Waals surface area contributed by atoms with Gasteiger partial charge in [-0.2, -0.15) is 10.5 Å². The first-order chi connectivity index (χ1) is 13.7. The topological polar surface area (TPSA) is 158 Å². The number of rotatable bonds is 0. The number of nitrogens with one attached hydrogen (secondary N) is 1. The first-order valence-corrected chi connectivity index (χ1v) is 9.57. The van der Waals surface area contributed by atoms with Crippen molar-refractivity contribution < 1.29 is 0 Å². The van der Waals surface area contributed by atoms with Gasteiger partial charge in [-0.1, -0.05) is 34.8 Å².